The molecule has 4 aliphatic rings. The zero-order valence-corrected chi connectivity index (χ0v) is 24.0. The van der Waals surface area contributed by atoms with Crippen LogP contribution in [-0.2, 0) is 0 Å². The molecule has 3 amide bonds. The van der Waals surface area contributed by atoms with Crippen molar-refractivity contribution in [3.8, 4) is 0 Å². The molecule has 0 aliphatic heterocycles. The number of nitrogens with one attached hydrogen (secondary N) is 2. The van der Waals surface area contributed by atoms with Crippen LogP contribution in [0.1, 0.15) is 69.6 Å². The van der Waals surface area contributed by atoms with Crippen molar-refractivity contribution in [1.82, 2.24) is 10.6 Å². The molecule has 6 N–H and O–H groups in total. The molecule has 1 aromatic rings. The van der Waals surface area contributed by atoms with Gasteiger partial charge in [-0.15, -0.1) is 0 Å². The maximum Gasteiger partial charge on any atom is 0.251 e. The number of fused-ring (bicyclic) bond motifs is 4. The third kappa shape index (κ3) is 6.60. The fourth-order valence-electron chi connectivity index (χ4n) is 7.68. The summed E-state index contributed by atoms with van der Waals surface area (Å²) < 4.78 is 0. The van der Waals surface area contributed by atoms with Crippen LogP contribution in [0.15, 0.2) is 18.2 Å². The number of carbonyl (C=O) groups excluding carboxylic acids is 3. The van der Waals surface area contributed by atoms with Gasteiger partial charge in [0.1, 0.15) is 0 Å². The van der Waals surface area contributed by atoms with Crippen molar-refractivity contribution in [2.24, 2.45) is 41.2 Å². The van der Waals surface area contributed by atoms with Gasteiger partial charge >= 0.3 is 0 Å². The Bertz CT molecular complexity index is 999. The van der Waals surface area contributed by atoms with Crippen LogP contribution in [-0.4, -0.2) is 76.2 Å². The number of hydrogen-bond acceptors (Lipinski definition) is 7. The van der Waals surface area contributed by atoms with Crippen LogP contribution in [0.2, 0.25) is 0 Å². The molecule has 8 atom stereocenters. The lowest BCUT2D eigenvalue weighted by Gasteiger charge is -2.28. The maximum absolute atomic E-state index is 13.1. The number of hydrogen-bond donors (Lipinski definition) is 5. The Morgan fingerprint density at radius 1 is 0.692 bits per heavy atom. The summed E-state index contributed by atoms with van der Waals surface area (Å²) in [5.41, 5.74) is 6.25. The van der Waals surface area contributed by atoms with Gasteiger partial charge in [0.2, 0.25) is 5.91 Å². The van der Waals surface area contributed by atoms with E-state index >= 15 is 0 Å². The van der Waals surface area contributed by atoms with E-state index in [0.29, 0.717) is 59.1 Å². The summed E-state index contributed by atoms with van der Waals surface area (Å²) in [5.74, 6) is 3.70. The zero-order valence-electron chi connectivity index (χ0n) is 22.3. The molecule has 8 nitrogen and oxygen atoms in total. The molecule has 5 rings (SSSR count). The number of rotatable bonds is 13. The Kier molecular flexibility index (Phi) is 9.46. The lowest BCUT2D eigenvalue weighted by Crippen LogP contribution is -2.34. The fourth-order valence-corrected chi connectivity index (χ4v) is 10.3. The van der Waals surface area contributed by atoms with Crippen molar-refractivity contribution in [3.63, 3.8) is 0 Å². The van der Waals surface area contributed by atoms with Crippen LogP contribution in [0.25, 0.3) is 0 Å². The van der Waals surface area contributed by atoms with E-state index in [0.717, 1.165) is 37.2 Å². The molecule has 4 bridgehead atoms. The van der Waals surface area contributed by atoms with E-state index in [1.54, 1.807) is 6.07 Å². The average Bonchev–Trinajstić information content (AvgIpc) is 3.72. The third-order valence-corrected chi connectivity index (χ3v) is 12.4. The second kappa shape index (κ2) is 12.8. The Morgan fingerprint density at radius 2 is 1.13 bits per heavy atom. The van der Waals surface area contributed by atoms with Gasteiger partial charge in [-0.05, 0) is 92.2 Å². The average molecular weight is 576 g/mol. The van der Waals surface area contributed by atoms with Crippen molar-refractivity contribution in [2.75, 3.05) is 37.8 Å². The number of carbonyl (C=O) groups is 3. The Labute approximate surface area is 239 Å². The molecule has 0 heterocycles. The fraction of sp³-hybridized carbons (Fsp3) is 0.690. The molecule has 0 radical (unpaired) electrons. The number of aliphatic hydroxyl groups excluding tert-OH is 2. The minimum absolute atomic E-state index is 0.153. The van der Waals surface area contributed by atoms with E-state index < -0.39 is 5.91 Å². The molecule has 4 saturated carbocycles. The minimum Gasteiger partial charge on any atom is -0.396 e. The van der Waals surface area contributed by atoms with Crippen LogP contribution in [0.3, 0.4) is 0 Å². The van der Waals surface area contributed by atoms with Gasteiger partial charge in [-0.2, -0.15) is 23.5 Å². The molecule has 214 valence electrons. The minimum atomic E-state index is -0.669. The second-order valence-corrected chi connectivity index (χ2v) is 14.5. The Hall–Kier alpha value is -1.75. The van der Waals surface area contributed by atoms with E-state index in [-0.39, 0.29) is 41.7 Å². The van der Waals surface area contributed by atoms with Gasteiger partial charge in [0, 0.05) is 51.8 Å². The van der Waals surface area contributed by atoms with Crippen molar-refractivity contribution >= 4 is 41.2 Å². The molecular weight excluding hydrogens is 534 g/mol. The molecule has 39 heavy (non-hydrogen) atoms. The Balaban J connectivity index is 1.14. The standard InChI is InChI=1S/C29H41N3O5S2/c30-27(35)20-9-21(28(36)31-14-23-7-18-5-16(23)12-25(18)38-3-1-33)11-22(10-20)29(37)32-15-24-8-19-6-17(24)13-26(19)39-4-2-34/h9-11,16-19,23-26,33-34H,1-8,12-15H2,(H2,30,35)(H,31,36)(H,32,37). The molecule has 0 spiro atoms. The van der Waals surface area contributed by atoms with Gasteiger partial charge in [0.25, 0.3) is 11.8 Å². The monoisotopic (exact) mass is 575 g/mol. The topological polar surface area (TPSA) is 142 Å². The van der Waals surface area contributed by atoms with Gasteiger partial charge in [-0.25, -0.2) is 0 Å². The first-order chi connectivity index (χ1) is 18.9. The van der Waals surface area contributed by atoms with Gasteiger partial charge in [-0.3, -0.25) is 14.4 Å². The summed E-state index contributed by atoms with van der Waals surface area (Å²) in [6, 6.07) is 4.50. The first kappa shape index (κ1) is 28.8. The van der Waals surface area contributed by atoms with Crippen LogP contribution in [0.4, 0.5) is 0 Å². The van der Waals surface area contributed by atoms with E-state index in [9.17, 15) is 14.4 Å². The molecule has 4 fully saturated rings. The number of benzene rings is 1. The third-order valence-electron chi connectivity index (χ3n) is 9.51. The molecule has 10 heteroatoms. The summed E-state index contributed by atoms with van der Waals surface area (Å²) in [5, 5.41) is 25.6. The normalized spacial score (nSPS) is 32.5. The molecule has 1 aromatic carbocycles. The summed E-state index contributed by atoms with van der Waals surface area (Å²) in [7, 11) is 0. The molecular formula is C29H41N3O5S2. The number of thioether (sulfide) groups is 2. The van der Waals surface area contributed by atoms with Crippen LogP contribution < -0.4 is 16.4 Å². The maximum atomic E-state index is 13.1. The van der Waals surface area contributed by atoms with Crippen molar-refractivity contribution < 1.29 is 24.6 Å². The predicted molar refractivity (Wildman–Crippen MR) is 155 cm³/mol. The van der Waals surface area contributed by atoms with Crippen LogP contribution in [0, 0.1) is 35.5 Å². The highest BCUT2D eigenvalue weighted by atomic mass is 32.2. The zero-order chi connectivity index (χ0) is 27.5. The number of aliphatic hydroxyl groups is 2. The second-order valence-electron chi connectivity index (χ2n) is 11.8. The van der Waals surface area contributed by atoms with Crippen LogP contribution in [0.5, 0.6) is 0 Å². The Morgan fingerprint density at radius 3 is 1.49 bits per heavy atom. The first-order valence-corrected chi connectivity index (χ1v) is 16.4. The van der Waals surface area contributed by atoms with E-state index in [2.05, 4.69) is 10.6 Å². The van der Waals surface area contributed by atoms with Crippen molar-refractivity contribution in [1.29, 1.82) is 0 Å². The lowest BCUT2D eigenvalue weighted by molar-refractivity contribution is 0.0941. The van der Waals surface area contributed by atoms with E-state index in [1.165, 1.54) is 25.0 Å². The summed E-state index contributed by atoms with van der Waals surface area (Å²) >= 11 is 3.74. The van der Waals surface area contributed by atoms with Crippen molar-refractivity contribution in [3.05, 3.63) is 34.9 Å². The van der Waals surface area contributed by atoms with Gasteiger partial charge in [0.15, 0.2) is 0 Å². The van der Waals surface area contributed by atoms with Gasteiger partial charge < -0.3 is 26.6 Å². The number of nitrogens with two attached hydrogens (primary N) is 1. The molecule has 4 aliphatic carbocycles. The highest BCUT2D eigenvalue weighted by molar-refractivity contribution is 8.00. The smallest absolute Gasteiger partial charge is 0.251 e. The van der Waals surface area contributed by atoms with Crippen molar-refractivity contribution in [2.45, 2.75) is 49.0 Å². The molecule has 0 saturated heterocycles. The van der Waals surface area contributed by atoms with Gasteiger partial charge in [0.05, 0.1) is 13.2 Å². The largest absolute Gasteiger partial charge is 0.396 e. The highest BCUT2D eigenvalue weighted by Crippen LogP contribution is 2.53. The SMILES string of the molecule is NC(=O)c1cc(C(=O)NCC2CC3CC2CC3SCCO)cc(C(=O)NCC2CC3CC2CC3SCCO)c1. The quantitative estimate of drug-likeness (QED) is 0.243. The lowest BCUT2D eigenvalue weighted by atomic mass is 9.88. The first-order valence-electron chi connectivity index (χ1n) is 14.3. The number of primary amides is 1. The summed E-state index contributed by atoms with van der Waals surface area (Å²) in [6.07, 6.45) is 6.84. The molecule has 8 unspecified atom stereocenters. The highest BCUT2D eigenvalue weighted by Gasteiger charge is 2.46. The summed E-state index contributed by atoms with van der Waals surface area (Å²) in [6.45, 7) is 1.61. The predicted octanol–water partition coefficient (Wildman–Crippen LogP) is 2.53. The van der Waals surface area contributed by atoms with Crippen LogP contribution >= 0.6 is 23.5 Å². The molecule has 0 aromatic heterocycles. The number of amides is 3. The summed E-state index contributed by atoms with van der Waals surface area (Å²) in [4.78, 5) is 38.1. The van der Waals surface area contributed by atoms with E-state index in [1.807, 2.05) is 23.5 Å². The van der Waals surface area contributed by atoms with Gasteiger partial charge in [-0.1, -0.05) is 0 Å². The van der Waals surface area contributed by atoms with E-state index in [4.69, 9.17) is 15.9 Å².